The van der Waals surface area contributed by atoms with Gasteiger partial charge in [-0.3, -0.25) is 9.59 Å². The molecule has 4 aromatic carbocycles. The van der Waals surface area contributed by atoms with Gasteiger partial charge in [-0.25, -0.2) is 18.7 Å². The van der Waals surface area contributed by atoms with E-state index in [2.05, 4.69) is 24.3 Å². The molecular formula is C34H16F2N2O2S4. The van der Waals surface area contributed by atoms with E-state index in [-0.39, 0.29) is 23.2 Å². The Morgan fingerprint density at radius 2 is 0.909 bits per heavy atom. The molecule has 4 heterocycles. The van der Waals surface area contributed by atoms with Crippen LogP contribution in [0.4, 0.5) is 8.78 Å². The van der Waals surface area contributed by atoms with Crippen LogP contribution in [-0.2, 0) is 0 Å². The Hall–Kier alpha value is -4.48. The molecule has 0 spiro atoms. The summed E-state index contributed by atoms with van der Waals surface area (Å²) in [5.41, 5.74) is 2.65. The van der Waals surface area contributed by atoms with Crippen molar-refractivity contribution in [2.24, 2.45) is 0 Å². The smallest absolute Gasteiger partial charge is 0.202 e. The highest BCUT2D eigenvalue weighted by molar-refractivity contribution is 7.27. The van der Waals surface area contributed by atoms with Gasteiger partial charge in [0.15, 0.2) is 0 Å². The number of carbonyl (C=O) groups excluding carboxylic acids is 2. The Morgan fingerprint density at radius 3 is 1.32 bits per heavy atom. The zero-order valence-electron chi connectivity index (χ0n) is 22.3. The molecule has 4 nitrogen and oxygen atoms in total. The molecule has 8 aromatic rings. The Labute approximate surface area is 264 Å². The normalized spacial score (nSPS) is 11.6. The molecule has 10 heteroatoms. The van der Waals surface area contributed by atoms with E-state index in [1.165, 1.54) is 71.2 Å². The second-order valence-corrected chi connectivity index (χ2v) is 14.3. The summed E-state index contributed by atoms with van der Waals surface area (Å²) in [4.78, 5) is 38.5. The summed E-state index contributed by atoms with van der Waals surface area (Å²) in [6, 6.07) is 26.9. The molecule has 44 heavy (non-hydrogen) atoms. The summed E-state index contributed by atoms with van der Waals surface area (Å²) in [6.45, 7) is 0. The molecule has 212 valence electrons. The number of carbonyl (C=O) groups is 2. The number of hydrogen-bond acceptors (Lipinski definition) is 8. The summed E-state index contributed by atoms with van der Waals surface area (Å²) >= 11 is 5.90. The van der Waals surface area contributed by atoms with Crippen molar-refractivity contribution in [3.8, 4) is 19.8 Å². The van der Waals surface area contributed by atoms with Crippen LogP contribution in [0.25, 0.3) is 51.0 Å². The lowest BCUT2D eigenvalue weighted by molar-refractivity contribution is 0.103. The fourth-order valence-corrected chi connectivity index (χ4v) is 8.98. The third-order valence-corrected chi connectivity index (χ3v) is 11.7. The van der Waals surface area contributed by atoms with Crippen molar-refractivity contribution in [2.45, 2.75) is 0 Å². The third-order valence-electron chi connectivity index (χ3n) is 7.15. The van der Waals surface area contributed by atoms with Crippen LogP contribution in [-0.4, -0.2) is 21.5 Å². The van der Waals surface area contributed by atoms with Gasteiger partial charge in [-0.2, -0.15) is 0 Å². The number of halogens is 2. The van der Waals surface area contributed by atoms with Gasteiger partial charge in [0.25, 0.3) is 0 Å². The molecule has 0 N–H and O–H groups in total. The Kier molecular flexibility index (Phi) is 6.53. The number of rotatable bonds is 6. The molecule has 0 aliphatic carbocycles. The number of thiophene rings is 2. The van der Waals surface area contributed by atoms with Crippen LogP contribution >= 0.6 is 45.3 Å². The van der Waals surface area contributed by atoms with Gasteiger partial charge < -0.3 is 0 Å². The SMILES string of the molecule is O=C(c1ccc(F)cc1)c1ccc(-c2nc3cc4cc5sc(-c6ccc(C(=O)c7ccc(F)cc7)s6)nc5cc4cc3s2)s1. The molecule has 0 saturated carbocycles. The summed E-state index contributed by atoms with van der Waals surface area (Å²) in [6.07, 6.45) is 0. The third kappa shape index (κ3) is 4.86. The highest BCUT2D eigenvalue weighted by atomic mass is 32.1. The van der Waals surface area contributed by atoms with Gasteiger partial charge >= 0.3 is 0 Å². The molecule has 0 bridgehead atoms. The van der Waals surface area contributed by atoms with Crippen molar-refractivity contribution in [1.29, 1.82) is 0 Å². The standard InChI is InChI=1S/C34H16F2N2O2S4/c35-21-5-1-17(2-6-21)31(39)25-9-11-27(41-25)33-37-23-13-19-16-30-24(14-20(19)15-29(23)43-33)38-34(44-30)28-12-10-26(42-28)32(40)18-3-7-22(36)8-4-18/h1-16H. The lowest BCUT2D eigenvalue weighted by Gasteiger charge is -1.97. The van der Waals surface area contributed by atoms with Crippen molar-refractivity contribution >= 4 is 88.1 Å². The number of aromatic nitrogens is 2. The van der Waals surface area contributed by atoms with Crippen LogP contribution in [0.3, 0.4) is 0 Å². The quantitative estimate of drug-likeness (QED) is 0.168. The van der Waals surface area contributed by atoms with E-state index < -0.39 is 0 Å². The molecule has 0 atom stereocenters. The van der Waals surface area contributed by atoms with Crippen LogP contribution < -0.4 is 0 Å². The van der Waals surface area contributed by atoms with Crippen LogP contribution in [0, 0.1) is 11.6 Å². The average Bonchev–Trinajstić information content (AvgIpc) is 3.84. The molecular weight excluding hydrogens is 635 g/mol. The molecule has 0 radical (unpaired) electrons. The molecule has 0 fully saturated rings. The molecule has 8 rings (SSSR count). The summed E-state index contributed by atoms with van der Waals surface area (Å²) in [7, 11) is 0. The van der Waals surface area contributed by atoms with Gasteiger partial charge in [-0.1, -0.05) is 0 Å². The average molecular weight is 651 g/mol. The van der Waals surface area contributed by atoms with Gasteiger partial charge in [0.05, 0.1) is 39.9 Å². The first-order chi connectivity index (χ1) is 21.4. The van der Waals surface area contributed by atoms with Crippen molar-refractivity contribution in [2.75, 3.05) is 0 Å². The number of hydrogen-bond donors (Lipinski definition) is 0. The Bertz CT molecular complexity index is 2160. The number of ketones is 2. The van der Waals surface area contributed by atoms with E-state index in [9.17, 15) is 18.4 Å². The highest BCUT2D eigenvalue weighted by Gasteiger charge is 2.18. The van der Waals surface area contributed by atoms with Gasteiger partial charge in [-0.15, -0.1) is 45.3 Å². The van der Waals surface area contributed by atoms with E-state index in [1.54, 1.807) is 34.8 Å². The van der Waals surface area contributed by atoms with Crippen molar-refractivity contribution in [3.63, 3.8) is 0 Å². The van der Waals surface area contributed by atoms with Crippen LogP contribution in [0.15, 0.2) is 97.1 Å². The van der Waals surface area contributed by atoms with Crippen LogP contribution in [0.2, 0.25) is 0 Å². The largest absolute Gasteiger partial charge is 0.288 e. The second-order valence-electron chi connectivity index (χ2n) is 10.0. The molecule has 0 aliphatic heterocycles. The molecule has 4 aromatic heterocycles. The van der Waals surface area contributed by atoms with Crippen molar-refractivity contribution < 1.29 is 18.4 Å². The second kappa shape index (κ2) is 10.6. The van der Waals surface area contributed by atoms with E-state index >= 15 is 0 Å². The summed E-state index contributed by atoms with van der Waals surface area (Å²) in [5, 5.41) is 3.77. The topological polar surface area (TPSA) is 59.9 Å². The van der Waals surface area contributed by atoms with Gasteiger partial charge in [0.2, 0.25) is 11.6 Å². The first-order valence-corrected chi connectivity index (χ1v) is 16.6. The molecule has 0 amide bonds. The van der Waals surface area contributed by atoms with Gasteiger partial charge in [0, 0.05) is 11.1 Å². The van der Waals surface area contributed by atoms with E-state index in [4.69, 9.17) is 9.97 Å². The summed E-state index contributed by atoms with van der Waals surface area (Å²) < 4.78 is 28.6. The van der Waals surface area contributed by atoms with Gasteiger partial charge in [0.1, 0.15) is 21.6 Å². The molecule has 0 unspecified atom stereocenters. The fraction of sp³-hybridized carbons (Fsp3) is 0. The maximum atomic E-state index is 13.3. The zero-order valence-corrected chi connectivity index (χ0v) is 25.6. The number of benzene rings is 4. The monoisotopic (exact) mass is 650 g/mol. The predicted octanol–water partition coefficient (Wildman–Crippen LogP) is 10.3. The van der Waals surface area contributed by atoms with Crippen LogP contribution in [0.1, 0.15) is 30.5 Å². The summed E-state index contributed by atoms with van der Waals surface area (Å²) in [5.74, 6) is -1.03. The molecule has 0 saturated heterocycles. The highest BCUT2D eigenvalue weighted by Crippen LogP contribution is 2.40. The maximum absolute atomic E-state index is 13.3. The molecule has 0 aliphatic rings. The minimum absolute atomic E-state index is 0.140. The van der Waals surface area contributed by atoms with Crippen LogP contribution in [0.5, 0.6) is 0 Å². The Balaban J connectivity index is 1.08. The minimum Gasteiger partial charge on any atom is -0.288 e. The Morgan fingerprint density at radius 1 is 0.500 bits per heavy atom. The minimum atomic E-state index is -0.375. The predicted molar refractivity (Wildman–Crippen MR) is 177 cm³/mol. The number of thiazole rings is 2. The zero-order chi connectivity index (χ0) is 29.9. The number of fused-ring (bicyclic) bond motifs is 3. The maximum Gasteiger partial charge on any atom is 0.202 e. The van der Waals surface area contributed by atoms with E-state index in [0.717, 1.165) is 51.0 Å². The lowest BCUT2D eigenvalue weighted by Crippen LogP contribution is -1.97. The lowest BCUT2D eigenvalue weighted by atomic mass is 10.1. The van der Waals surface area contributed by atoms with Crippen molar-refractivity contribution in [1.82, 2.24) is 9.97 Å². The van der Waals surface area contributed by atoms with Crippen molar-refractivity contribution in [3.05, 3.63) is 130 Å². The van der Waals surface area contributed by atoms with Gasteiger partial charge in [-0.05, 0) is 108 Å². The van der Waals surface area contributed by atoms with E-state index in [1.807, 2.05) is 12.1 Å². The van der Waals surface area contributed by atoms with E-state index in [0.29, 0.717) is 20.9 Å². The fourth-order valence-electron chi connectivity index (χ4n) is 4.94. The number of nitrogens with zero attached hydrogens (tertiary/aromatic N) is 2. The first-order valence-electron chi connectivity index (χ1n) is 13.3. The first kappa shape index (κ1) is 27.1.